The second kappa shape index (κ2) is 15.3. The summed E-state index contributed by atoms with van der Waals surface area (Å²) in [5, 5.41) is 8.03. The van der Waals surface area contributed by atoms with E-state index in [1.165, 1.54) is 87.8 Å². The molecule has 3 aliphatic heterocycles. The van der Waals surface area contributed by atoms with Crippen LogP contribution in [0.5, 0.6) is 11.5 Å². The van der Waals surface area contributed by atoms with Crippen LogP contribution in [-0.4, -0.2) is 24.3 Å². The van der Waals surface area contributed by atoms with Crippen molar-refractivity contribution in [3.05, 3.63) is 230 Å². The maximum absolute atomic E-state index is 7.11. The van der Waals surface area contributed by atoms with Crippen molar-refractivity contribution in [3.63, 3.8) is 0 Å². The second-order valence-electron chi connectivity index (χ2n) is 19.9. The Hall–Kier alpha value is -8.45. The first-order valence-electron chi connectivity index (χ1n) is 24.3. The number of rotatable bonds is 6. The van der Waals surface area contributed by atoms with E-state index in [0.717, 1.165) is 33.7 Å². The lowest BCUT2D eigenvalue weighted by molar-refractivity contribution is 0.483. The number of aromatic nitrogens is 2. The van der Waals surface area contributed by atoms with Gasteiger partial charge in [0.25, 0.3) is 0 Å². The van der Waals surface area contributed by atoms with E-state index in [2.05, 4.69) is 254 Å². The topological polar surface area (TPSA) is 33.5 Å². The zero-order chi connectivity index (χ0) is 46.7. The van der Waals surface area contributed by atoms with Crippen molar-refractivity contribution in [2.45, 2.75) is 26.2 Å². The quantitative estimate of drug-likeness (QED) is 0.156. The molecule has 0 atom stereocenters. The van der Waals surface area contributed by atoms with Gasteiger partial charge >= 0.3 is 0 Å². The maximum atomic E-state index is 7.11. The molecule has 5 nitrogen and oxygen atoms in total. The molecule has 70 heavy (non-hydrogen) atoms. The van der Waals surface area contributed by atoms with Gasteiger partial charge in [-0.2, -0.15) is 0 Å². The lowest BCUT2D eigenvalue weighted by atomic mass is 9.88. The zero-order valence-electron chi connectivity index (χ0n) is 39.3. The molecule has 3 aliphatic rings. The Morgan fingerprint density at radius 3 is 1.73 bits per heavy atom. The minimum absolute atomic E-state index is 0.0234. The molecule has 0 bridgehead atoms. The number of hydrogen-bond donors (Lipinski definition) is 0. The minimum Gasteiger partial charge on any atom is -0.457 e. The Labute approximate surface area is 409 Å². The highest BCUT2D eigenvalue weighted by molar-refractivity contribution is 7.23. The van der Waals surface area contributed by atoms with Crippen LogP contribution in [-0.2, 0) is 5.41 Å². The van der Waals surface area contributed by atoms with Gasteiger partial charge < -0.3 is 14.5 Å². The van der Waals surface area contributed by atoms with Crippen LogP contribution in [0.1, 0.15) is 26.3 Å². The molecule has 1 spiro atoms. The predicted octanol–water partition coefficient (Wildman–Crippen LogP) is 13.5. The van der Waals surface area contributed by atoms with Crippen LogP contribution in [0.4, 0.5) is 22.7 Å². The van der Waals surface area contributed by atoms with Crippen molar-refractivity contribution in [3.8, 4) is 50.7 Å². The van der Waals surface area contributed by atoms with Crippen LogP contribution < -0.4 is 35.3 Å². The number of benzene rings is 9. The zero-order valence-corrected chi connectivity index (χ0v) is 40.3. The molecule has 5 heterocycles. The molecule has 9 aromatic carbocycles. The highest BCUT2D eigenvalue weighted by atomic mass is 28.3. The molecular weight excluding hydrogens is 869 g/mol. The Morgan fingerprint density at radius 1 is 0.443 bits per heavy atom. The van der Waals surface area contributed by atoms with Crippen LogP contribution in [0, 0.1) is 0 Å². The van der Waals surface area contributed by atoms with Gasteiger partial charge in [-0.3, -0.25) is 4.57 Å². The first-order valence-corrected chi connectivity index (χ1v) is 26.3. The van der Waals surface area contributed by atoms with Crippen molar-refractivity contribution in [1.29, 1.82) is 0 Å². The molecule has 0 fully saturated rings. The third-order valence-corrected chi connectivity index (χ3v) is 20.0. The summed E-state index contributed by atoms with van der Waals surface area (Å²) in [6.07, 6.45) is 1.94. The first-order chi connectivity index (χ1) is 34.4. The molecule has 2 aromatic heterocycles. The van der Waals surface area contributed by atoms with Crippen LogP contribution in [0.15, 0.2) is 225 Å². The van der Waals surface area contributed by atoms with Gasteiger partial charge in [0.1, 0.15) is 24.0 Å². The molecule has 0 amide bonds. The fourth-order valence-corrected chi connectivity index (χ4v) is 17.6. The standard InChI is InChI=1S/C64H48N4OSi/c1-64(2,3)44-36-37-65-61(38-44)68-53-27-13-10-22-49(53)50-34-32-45(39-55(50)68)69-46-33-35-59-56(40-46)67-41-66(62-47(42-18-6-4-7-19-42)25-16-26-48(62)43-20-8-5-9-21-43)54-28-17-31-60(63(54)67)70(59)57-29-14-11-23-51(57)52-24-12-15-30-58(52)70/h4-40H,41H2,1-3H3. The second-order valence-corrected chi connectivity index (χ2v) is 23.6. The Kier molecular flexibility index (Phi) is 8.86. The Morgan fingerprint density at radius 2 is 1.01 bits per heavy atom. The minimum atomic E-state index is -2.89. The van der Waals surface area contributed by atoms with Gasteiger partial charge in [0.05, 0.1) is 28.1 Å². The van der Waals surface area contributed by atoms with E-state index in [1.54, 1.807) is 0 Å². The van der Waals surface area contributed by atoms with Crippen molar-refractivity contribution < 1.29 is 4.74 Å². The summed E-state index contributed by atoms with van der Waals surface area (Å²) in [5.41, 5.74) is 15.7. The number of fused-ring (bicyclic) bond motifs is 12. The summed E-state index contributed by atoms with van der Waals surface area (Å²) >= 11 is 0. The monoisotopic (exact) mass is 916 g/mol. The third kappa shape index (κ3) is 5.87. The SMILES string of the molecule is CC(C)(C)c1ccnc(-n2c3ccccc3c3ccc(Oc4ccc5c(c4)N4CN(c6c(-c7ccccc7)cccc6-c6ccccc6)c6cccc(c64)[Si]54c5ccccc5-c5ccccc54)cc32)c1. The lowest BCUT2D eigenvalue weighted by Gasteiger charge is -2.41. The van der Waals surface area contributed by atoms with Gasteiger partial charge in [-0.15, -0.1) is 0 Å². The fraction of sp³-hybridized carbons (Fsp3) is 0.0781. The van der Waals surface area contributed by atoms with E-state index in [0.29, 0.717) is 6.67 Å². The third-order valence-electron chi connectivity index (χ3n) is 15.1. The van der Waals surface area contributed by atoms with Gasteiger partial charge in [-0.25, -0.2) is 4.98 Å². The number of nitrogens with zero attached hydrogens (tertiary/aromatic N) is 4. The van der Waals surface area contributed by atoms with Crippen molar-refractivity contribution in [1.82, 2.24) is 9.55 Å². The number of anilines is 4. The molecule has 0 aliphatic carbocycles. The van der Waals surface area contributed by atoms with E-state index in [4.69, 9.17) is 9.72 Å². The number of pyridine rings is 1. The number of ether oxygens (including phenoxy) is 1. The average Bonchev–Trinajstić information content (AvgIpc) is 4.05. The van der Waals surface area contributed by atoms with Crippen LogP contribution in [0.3, 0.4) is 0 Å². The molecule has 14 rings (SSSR count). The Balaban J connectivity index is 0.976. The van der Waals surface area contributed by atoms with Gasteiger partial charge in [-0.1, -0.05) is 185 Å². The van der Waals surface area contributed by atoms with Gasteiger partial charge in [-0.05, 0) is 96.4 Å². The van der Waals surface area contributed by atoms with Crippen LogP contribution >= 0.6 is 0 Å². The van der Waals surface area contributed by atoms with Gasteiger partial charge in [0.2, 0.25) is 0 Å². The van der Waals surface area contributed by atoms with E-state index in [1.807, 2.05) is 6.20 Å². The average molecular weight is 917 g/mol. The first kappa shape index (κ1) is 40.6. The highest BCUT2D eigenvalue weighted by Gasteiger charge is 2.56. The molecule has 0 saturated heterocycles. The summed E-state index contributed by atoms with van der Waals surface area (Å²) in [5.74, 6) is 2.47. The molecular formula is C64H48N4OSi. The van der Waals surface area contributed by atoms with Crippen LogP contribution in [0.2, 0.25) is 0 Å². The fourth-order valence-electron chi connectivity index (χ4n) is 12.0. The molecule has 11 aromatic rings. The highest BCUT2D eigenvalue weighted by Crippen LogP contribution is 2.52. The Bertz CT molecular complexity index is 3810. The summed E-state index contributed by atoms with van der Waals surface area (Å²) in [6.45, 7) is 7.39. The number of hydrogen-bond acceptors (Lipinski definition) is 4. The summed E-state index contributed by atoms with van der Waals surface area (Å²) in [6, 6.07) is 80.4. The lowest BCUT2D eigenvalue weighted by Crippen LogP contribution is -2.75. The molecule has 334 valence electrons. The normalized spacial score (nSPS) is 13.9. The van der Waals surface area contributed by atoms with E-state index >= 15 is 0 Å². The maximum Gasteiger partial charge on any atom is 0.185 e. The molecule has 0 unspecified atom stereocenters. The summed E-state index contributed by atoms with van der Waals surface area (Å²) in [7, 11) is -2.89. The molecule has 0 radical (unpaired) electrons. The largest absolute Gasteiger partial charge is 0.457 e. The molecule has 0 saturated carbocycles. The van der Waals surface area contributed by atoms with E-state index in [9.17, 15) is 0 Å². The van der Waals surface area contributed by atoms with E-state index in [-0.39, 0.29) is 5.41 Å². The number of para-hydroxylation sites is 3. The van der Waals surface area contributed by atoms with Crippen molar-refractivity contribution >= 4 is 73.4 Å². The van der Waals surface area contributed by atoms with E-state index < -0.39 is 8.07 Å². The predicted molar refractivity (Wildman–Crippen MR) is 293 cm³/mol. The molecule has 0 N–H and O–H groups in total. The van der Waals surface area contributed by atoms with Gasteiger partial charge in [0, 0.05) is 45.9 Å². The summed E-state index contributed by atoms with van der Waals surface area (Å²) < 4.78 is 9.40. The van der Waals surface area contributed by atoms with Crippen molar-refractivity contribution in [2.24, 2.45) is 0 Å². The smallest absolute Gasteiger partial charge is 0.185 e. The van der Waals surface area contributed by atoms with Crippen LogP contribution in [0.25, 0.3) is 61.0 Å². The van der Waals surface area contributed by atoms with Crippen molar-refractivity contribution in [2.75, 3.05) is 16.5 Å². The summed E-state index contributed by atoms with van der Waals surface area (Å²) in [4.78, 5) is 10.1. The van der Waals surface area contributed by atoms with Gasteiger partial charge in [0.15, 0.2) is 8.07 Å². The molecule has 6 heteroatoms.